The van der Waals surface area contributed by atoms with Gasteiger partial charge >= 0.3 is 0 Å². The van der Waals surface area contributed by atoms with Crippen LogP contribution in [-0.4, -0.2) is 78.9 Å². The van der Waals surface area contributed by atoms with Crippen molar-refractivity contribution >= 4 is 11.8 Å². The molecule has 1 aromatic rings. The number of ether oxygens (including phenoxy) is 1. The van der Waals surface area contributed by atoms with Crippen molar-refractivity contribution in [1.29, 1.82) is 0 Å². The Morgan fingerprint density at radius 3 is 2.08 bits per heavy atom. The van der Waals surface area contributed by atoms with Crippen LogP contribution in [0.5, 0.6) is 5.75 Å². The summed E-state index contributed by atoms with van der Waals surface area (Å²) in [6, 6.07) is 5.60. The average molecular weight is 363 g/mol. The molecule has 2 fully saturated rings. The molecule has 2 aliphatic heterocycles. The molecule has 2 amide bonds. The number of carbonyl (C=O) groups is 2. The largest absolute Gasteiger partial charge is 0.484 e. The quantitative estimate of drug-likeness (QED) is 0.766. The number of hydrogen-bond acceptors (Lipinski definition) is 4. The second-order valence-electron chi connectivity index (χ2n) is 6.80. The van der Waals surface area contributed by atoms with Gasteiger partial charge in [-0.05, 0) is 50.2 Å². The first kappa shape index (κ1) is 18.6. The van der Waals surface area contributed by atoms with E-state index in [9.17, 15) is 14.0 Å². The Hall–Kier alpha value is -2.15. The summed E-state index contributed by atoms with van der Waals surface area (Å²) in [5, 5.41) is 0. The maximum Gasteiger partial charge on any atom is 0.260 e. The van der Waals surface area contributed by atoms with Gasteiger partial charge in [0.05, 0.1) is 0 Å². The predicted octanol–water partition coefficient (Wildman–Crippen LogP) is 1.36. The lowest BCUT2D eigenvalue weighted by molar-refractivity contribution is -0.140. The van der Waals surface area contributed by atoms with Crippen LogP contribution in [-0.2, 0) is 9.59 Å². The van der Waals surface area contributed by atoms with Crippen LogP contribution in [0.15, 0.2) is 24.3 Å². The first-order valence-corrected chi connectivity index (χ1v) is 9.28. The number of piperazine rings is 1. The summed E-state index contributed by atoms with van der Waals surface area (Å²) in [5.41, 5.74) is 0. The van der Waals surface area contributed by atoms with Crippen molar-refractivity contribution < 1.29 is 18.7 Å². The molecule has 2 saturated heterocycles. The van der Waals surface area contributed by atoms with Gasteiger partial charge in [0.2, 0.25) is 5.91 Å². The Balaban J connectivity index is 1.36. The van der Waals surface area contributed by atoms with E-state index in [0.717, 1.165) is 19.6 Å². The fraction of sp³-hybridized carbons (Fsp3) is 0.579. The SMILES string of the molecule is O=C(CCN1CCCC1)N1CCN(C(=O)COc2ccc(F)cc2)CC1. The first-order chi connectivity index (χ1) is 12.6. The second kappa shape index (κ2) is 8.98. The van der Waals surface area contributed by atoms with Crippen LogP contribution in [0.3, 0.4) is 0 Å². The molecule has 0 bridgehead atoms. The molecule has 0 atom stereocenters. The van der Waals surface area contributed by atoms with E-state index in [4.69, 9.17) is 4.74 Å². The van der Waals surface area contributed by atoms with Crippen LogP contribution in [0.1, 0.15) is 19.3 Å². The summed E-state index contributed by atoms with van der Waals surface area (Å²) in [7, 11) is 0. The summed E-state index contributed by atoms with van der Waals surface area (Å²) in [5.74, 6) is 0.190. The van der Waals surface area contributed by atoms with Crippen molar-refractivity contribution in [2.24, 2.45) is 0 Å². The predicted molar refractivity (Wildman–Crippen MR) is 95.3 cm³/mol. The monoisotopic (exact) mass is 363 g/mol. The van der Waals surface area contributed by atoms with E-state index in [1.807, 2.05) is 4.90 Å². The van der Waals surface area contributed by atoms with Gasteiger partial charge in [0.25, 0.3) is 5.91 Å². The van der Waals surface area contributed by atoms with Crippen molar-refractivity contribution in [2.75, 3.05) is 52.4 Å². The van der Waals surface area contributed by atoms with E-state index >= 15 is 0 Å². The maximum atomic E-state index is 12.9. The van der Waals surface area contributed by atoms with E-state index in [2.05, 4.69) is 4.90 Å². The Labute approximate surface area is 153 Å². The maximum absolute atomic E-state index is 12.9. The topological polar surface area (TPSA) is 53.1 Å². The third kappa shape index (κ3) is 5.17. The molecule has 0 aliphatic carbocycles. The van der Waals surface area contributed by atoms with Crippen molar-refractivity contribution in [3.05, 3.63) is 30.1 Å². The van der Waals surface area contributed by atoms with E-state index in [1.165, 1.54) is 37.1 Å². The molecule has 0 spiro atoms. The zero-order valence-corrected chi connectivity index (χ0v) is 15.0. The van der Waals surface area contributed by atoms with E-state index in [-0.39, 0.29) is 24.2 Å². The number of amides is 2. The van der Waals surface area contributed by atoms with Crippen LogP contribution in [0.25, 0.3) is 0 Å². The Bertz CT molecular complexity index is 609. The molecule has 1 aromatic carbocycles. The lowest BCUT2D eigenvalue weighted by Gasteiger charge is -2.35. The molecule has 7 heteroatoms. The van der Waals surface area contributed by atoms with Gasteiger partial charge in [0.1, 0.15) is 11.6 Å². The van der Waals surface area contributed by atoms with Gasteiger partial charge in [-0.1, -0.05) is 0 Å². The lowest BCUT2D eigenvalue weighted by atomic mass is 10.2. The molecule has 142 valence electrons. The van der Waals surface area contributed by atoms with Gasteiger partial charge in [-0.2, -0.15) is 0 Å². The Morgan fingerprint density at radius 1 is 0.885 bits per heavy atom. The molecule has 0 saturated carbocycles. The standard InChI is InChI=1S/C19H26FN3O3/c20-16-3-5-17(6-4-16)26-15-19(25)23-13-11-22(12-14-23)18(24)7-10-21-8-1-2-9-21/h3-6H,1-2,7-15H2. The number of carbonyl (C=O) groups excluding carboxylic acids is 2. The van der Waals surface area contributed by atoms with Gasteiger partial charge in [0, 0.05) is 39.1 Å². The molecule has 0 N–H and O–H groups in total. The molecule has 0 radical (unpaired) electrons. The number of benzene rings is 1. The van der Waals surface area contributed by atoms with Gasteiger partial charge < -0.3 is 19.4 Å². The van der Waals surface area contributed by atoms with Crippen molar-refractivity contribution in [3.63, 3.8) is 0 Å². The van der Waals surface area contributed by atoms with Gasteiger partial charge in [-0.15, -0.1) is 0 Å². The van der Waals surface area contributed by atoms with Crippen LogP contribution >= 0.6 is 0 Å². The molecular formula is C19H26FN3O3. The minimum Gasteiger partial charge on any atom is -0.484 e. The number of halogens is 1. The van der Waals surface area contributed by atoms with E-state index < -0.39 is 0 Å². The second-order valence-corrected chi connectivity index (χ2v) is 6.80. The number of likely N-dealkylation sites (tertiary alicyclic amines) is 1. The van der Waals surface area contributed by atoms with Gasteiger partial charge in [-0.25, -0.2) is 4.39 Å². The highest BCUT2D eigenvalue weighted by Gasteiger charge is 2.24. The molecule has 6 nitrogen and oxygen atoms in total. The molecule has 2 heterocycles. The normalized spacial score (nSPS) is 18.2. The highest BCUT2D eigenvalue weighted by atomic mass is 19.1. The minimum absolute atomic E-state index is 0.0749. The Morgan fingerprint density at radius 2 is 1.46 bits per heavy atom. The molecule has 0 aromatic heterocycles. The molecule has 2 aliphatic rings. The van der Waals surface area contributed by atoms with Crippen LogP contribution in [0, 0.1) is 5.82 Å². The average Bonchev–Trinajstić information content (AvgIpc) is 3.19. The summed E-state index contributed by atoms with van der Waals surface area (Å²) in [4.78, 5) is 30.4. The van der Waals surface area contributed by atoms with E-state index in [1.54, 1.807) is 4.90 Å². The molecule has 26 heavy (non-hydrogen) atoms. The summed E-state index contributed by atoms with van der Waals surface area (Å²) >= 11 is 0. The number of rotatable bonds is 6. The zero-order valence-electron chi connectivity index (χ0n) is 15.0. The fourth-order valence-corrected chi connectivity index (χ4v) is 3.39. The van der Waals surface area contributed by atoms with Crippen LogP contribution in [0.4, 0.5) is 4.39 Å². The zero-order chi connectivity index (χ0) is 18.4. The van der Waals surface area contributed by atoms with E-state index in [0.29, 0.717) is 38.3 Å². The van der Waals surface area contributed by atoms with Crippen molar-refractivity contribution in [2.45, 2.75) is 19.3 Å². The summed E-state index contributed by atoms with van der Waals surface area (Å²) in [6.07, 6.45) is 3.02. The van der Waals surface area contributed by atoms with Crippen LogP contribution < -0.4 is 4.74 Å². The van der Waals surface area contributed by atoms with Crippen molar-refractivity contribution in [3.8, 4) is 5.75 Å². The third-order valence-electron chi connectivity index (χ3n) is 5.00. The number of nitrogens with zero attached hydrogens (tertiary/aromatic N) is 3. The van der Waals surface area contributed by atoms with Crippen molar-refractivity contribution in [1.82, 2.24) is 14.7 Å². The van der Waals surface area contributed by atoms with Gasteiger partial charge in [0.15, 0.2) is 6.61 Å². The molecule has 3 rings (SSSR count). The highest BCUT2D eigenvalue weighted by Crippen LogP contribution is 2.12. The smallest absolute Gasteiger partial charge is 0.260 e. The first-order valence-electron chi connectivity index (χ1n) is 9.28. The van der Waals surface area contributed by atoms with Gasteiger partial charge in [-0.3, -0.25) is 9.59 Å². The minimum atomic E-state index is -0.339. The lowest BCUT2D eigenvalue weighted by Crippen LogP contribution is -2.52. The number of hydrogen-bond donors (Lipinski definition) is 0. The third-order valence-corrected chi connectivity index (χ3v) is 5.00. The fourth-order valence-electron chi connectivity index (χ4n) is 3.39. The molecular weight excluding hydrogens is 337 g/mol. The highest BCUT2D eigenvalue weighted by molar-refractivity contribution is 5.79. The summed E-state index contributed by atoms with van der Waals surface area (Å²) < 4.78 is 18.3. The Kier molecular flexibility index (Phi) is 6.44. The molecule has 0 unspecified atom stereocenters. The van der Waals surface area contributed by atoms with Crippen LogP contribution in [0.2, 0.25) is 0 Å². The summed E-state index contributed by atoms with van der Waals surface area (Å²) in [6.45, 7) is 5.16.